The van der Waals surface area contributed by atoms with Gasteiger partial charge in [-0.15, -0.1) is 0 Å². The molecule has 1 aliphatic rings. The molecule has 16 heavy (non-hydrogen) atoms. The molecular weight excluding hydrogens is 205 g/mol. The van der Waals surface area contributed by atoms with Crippen LogP contribution in [-0.4, -0.2) is 23.9 Å². The highest BCUT2D eigenvalue weighted by Gasteiger charge is 2.19. The zero-order valence-corrected chi connectivity index (χ0v) is 9.50. The Labute approximate surface area is 95.1 Å². The Morgan fingerprint density at radius 2 is 1.94 bits per heavy atom. The van der Waals surface area contributed by atoms with Crippen LogP contribution in [-0.2, 0) is 0 Å². The second-order valence-electron chi connectivity index (χ2n) is 4.31. The minimum Gasteiger partial charge on any atom is -0.339 e. The van der Waals surface area contributed by atoms with Crippen LogP contribution in [0, 0.1) is 12.7 Å². The molecule has 1 saturated heterocycles. The summed E-state index contributed by atoms with van der Waals surface area (Å²) in [6, 6.07) is 4.39. The zero-order chi connectivity index (χ0) is 11.5. The van der Waals surface area contributed by atoms with Crippen LogP contribution in [0.1, 0.15) is 35.2 Å². The molecule has 1 aromatic carbocycles. The molecule has 1 amide bonds. The molecule has 0 bridgehead atoms. The lowest BCUT2D eigenvalue weighted by Gasteiger charge is -2.27. The summed E-state index contributed by atoms with van der Waals surface area (Å²) in [6.07, 6.45) is 3.30. The number of hydrogen-bond acceptors (Lipinski definition) is 1. The van der Waals surface area contributed by atoms with Crippen molar-refractivity contribution in [1.29, 1.82) is 0 Å². The maximum absolute atomic E-state index is 13.1. The monoisotopic (exact) mass is 221 g/mol. The largest absolute Gasteiger partial charge is 0.339 e. The maximum Gasteiger partial charge on any atom is 0.254 e. The summed E-state index contributed by atoms with van der Waals surface area (Å²) in [5, 5.41) is 0. The molecule has 1 heterocycles. The predicted molar refractivity (Wildman–Crippen MR) is 60.9 cm³/mol. The number of carbonyl (C=O) groups is 1. The van der Waals surface area contributed by atoms with Gasteiger partial charge in [-0.05, 0) is 43.9 Å². The lowest BCUT2D eigenvalue weighted by atomic mass is 10.1. The van der Waals surface area contributed by atoms with Gasteiger partial charge in [0, 0.05) is 18.7 Å². The van der Waals surface area contributed by atoms with E-state index in [1.54, 1.807) is 6.07 Å². The van der Waals surface area contributed by atoms with Gasteiger partial charge in [-0.3, -0.25) is 4.79 Å². The van der Waals surface area contributed by atoms with E-state index in [1.165, 1.54) is 18.6 Å². The summed E-state index contributed by atoms with van der Waals surface area (Å²) in [7, 11) is 0. The number of benzene rings is 1. The van der Waals surface area contributed by atoms with Crippen LogP contribution in [0.5, 0.6) is 0 Å². The Morgan fingerprint density at radius 1 is 1.25 bits per heavy atom. The van der Waals surface area contributed by atoms with Gasteiger partial charge in [0.25, 0.3) is 5.91 Å². The fraction of sp³-hybridized carbons (Fsp3) is 0.462. The molecule has 2 nitrogen and oxygen atoms in total. The quantitative estimate of drug-likeness (QED) is 0.714. The van der Waals surface area contributed by atoms with Crippen molar-refractivity contribution >= 4 is 5.91 Å². The van der Waals surface area contributed by atoms with E-state index >= 15 is 0 Å². The molecule has 1 fully saturated rings. The molecule has 0 radical (unpaired) electrons. The van der Waals surface area contributed by atoms with E-state index in [-0.39, 0.29) is 11.7 Å². The molecule has 0 aromatic heterocycles. The number of hydrogen-bond donors (Lipinski definition) is 0. The first-order valence-corrected chi connectivity index (χ1v) is 5.74. The summed E-state index contributed by atoms with van der Waals surface area (Å²) in [6.45, 7) is 3.44. The third-order valence-corrected chi connectivity index (χ3v) is 3.07. The number of likely N-dealkylation sites (tertiary alicyclic amines) is 1. The van der Waals surface area contributed by atoms with Gasteiger partial charge >= 0.3 is 0 Å². The van der Waals surface area contributed by atoms with Crippen LogP contribution in [0.25, 0.3) is 0 Å². The molecule has 1 aliphatic heterocycles. The van der Waals surface area contributed by atoms with Gasteiger partial charge < -0.3 is 4.90 Å². The van der Waals surface area contributed by atoms with Crippen molar-refractivity contribution in [3.05, 3.63) is 35.1 Å². The van der Waals surface area contributed by atoms with E-state index in [2.05, 4.69) is 0 Å². The first-order chi connectivity index (χ1) is 7.68. The Hall–Kier alpha value is -1.38. The molecule has 0 N–H and O–H groups in total. The van der Waals surface area contributed by atoms with E-state index < -0.39 is 0 Å². The molecule has 0 unspecified atom stereocenters. The SMILES string of the molecule is Cc1ccc(F)cc1C(=O)N1CCCCC1. The lowest BCUT2D eigenvalue weighted by molar-refractivity contribution is 0.0723. The highest BCUT2D eigenvalue weighted by atomic mass is 19.1. The fourth-order valence-corrected chi connectivity index (χ4v) is 2.09. The molecule has 3 heteroatoms. The Morgan fingerprint density at radius 3 is 2.62 bits per heavy atom. The molecule has 0 saturated carbocycles. The summed E-state index contributed by atoms with van der Waals surface area (Å²) in [5.74, 6) is -0.373. The summed E-state index contributed by atoms with van der Waals surface area (Å²) in [5.41, 5.74) is 1.35. The highest BCUT2D eigenvalue weighted by molar-refractivity contribution is 5.95. The summed E-state index contributed by atoms with van der Waals surface area (Å²) < 4.78 is 13.1. The summed E-state index contributed by atoms with van der Waals surface area (Å²) >= 11 is 0. The number of carbonyl (C=O) groups excluding carboxylic acids is 1. The molecular formula is C13H16FNO. The van der Waals surface area contributed by atoms with Crippen LogP contribution < -0.4 is 0 Å². The van der Waals surface area contributed by atoms with Crippen molar-refractivity contribution < 1.29 is 9.18 Å². The maximum atomic E-state index is 13.1. The number of aryl methyl sites for hydroxylation is 1. The van der Waals surface area contributed by atoms with Crippen molar-refractivity contribution in [1.82, 2.24) is 4.90 Å². The van der Waals surface area contributed by atoms with E-state index in [9.17, 15) is 9.18 Å². The first kappa shape index (κ1) is 11.1. The van der Waals surface area contributed by atoms with Crippen molar-refractivity contribution in [2.75, 3.05) is 13.1 Å². The van der Waals surface area contributed by atoms with Gasteiger partial charge in [0.2, 0.25) is 0 Å². The van der Waals surface area contributed by atoms with Crippen molar-refractivity contribution in [2.24, 2.45) is 0 Å². The fourth-order valence-electron chi connectivity index (χ4n) is 2.09. The molecule has 0 aliphatic carbocycles. The molecule has 0 spiro atoms. The smallest absolute Gasteiger partial charge is 0.254 e. The standard InChI is InChI=1S/C13H16FNO/c1-10-5-6-11(14)9-12(10)13(16)15-7-3-2-4-8-15/h5-6,9H,2-4,7-8H2,1H3. The number of rotatable bonds is 1. The predicted octanol–water partition coefficient (Wildman–Crippen LogP) is 2.76. The third kappa shape index (κ3) is 2.23. The Balaban J connectivity index is 2.22. The van der Waals surface area contributed by atoms with E-state index in [1.807, 2.05) is 11.8 Å². The van der Waals surface area contributed by atoms with Gasteiger partial charge in [0.15, 0.2) is 0 Å². The second-order valence-corrected chi connectivity index (χ2v) is 4.31. The van der Waals surface area contributed by atoms with Crippen LogP contribution in [0.15, 0.2) is 18.2 Å². The minimum absolute atomic E-state index is 0.0308. The number of nitrogens with zero attached hydrogens (tertiary/aromatic N) is 1. The van der Waals surface area contributed by atoms with E-state index in [0.717, 1.165) is 31.5 Å². The van der Waals surface area contributed by atoms with Crippen LogP contribution >= 0.6 is 0 Å². The van der Waals surface area contributed by atoms with Crippen molar-refractivity contribution in [3.63, 3.8) is 0 Å². The first-order valence-electron chi connectivity index (χ1n) is 5.74. The molecule has 86 valence electrons. The van der Waals surface area contributed by atoms with Crippen molar-refractivity contribution in [2.45, 2.75) is 26.2 Å². The molecule has 0 atom stereocenters. The van der Waals surface area contributed by atoms with Crippen molar-refractivity contribution in [3.8, 4) is 0 Å². The topological polar surface area (TPSA) is 20.3 Å². The summed E-state index contributed by atoms with van der Waals surface area (Å²) in [4.78, 5) is 14.0. The number of piperidine rings is 1. The average molecular weight is 221 g/mol. The molecule has 2 rings (SSSR count). The normalized spacial score (nSPS) is 16.2. The van der Waals surface area contributed by atoms with Gasteiger partial charge in [-0.1, -0.05) is 6.07 Å². The van der Waals surface area contributed by atoms with Crippen LogP contribution in [0.4, 0.5) is 4.39 Å². The van der Waals surface area contributed by atoms with Gasteiger partial charge in [-0.25, -0.2) is 4.39 Å². The Kier molecular flexibility index (Phi) is 3.22. The van der Waals surface area contributed by atoms with Crippen LogP contribution in [0.3, 0.4) is 0 Å². The minimum atomic E-state index is -0.342. The van der Waals surface area contributed by atoms with Crippen LogP contribution in [0.2, 0.25) is 0 Å². The van der Waals surface area contributed by atoms with E-state index in [0.29, 0.717) is 5.56 Å². The number of halogens is 1. The van der Waals surface area contributed by atoms with Gasteiger partial charge in [0.05, 0.1) is 0 Å². The second kappa shape index (κ2) is 4.64. The van der Waals surface area contributed by atoms with Gasteiger partial charge in [-0.2, -0.15) is 0 Å². The zero-order valence-electron chi connectivity index (χ0n) is 9.50. The lowest BCUT2D eigenvalue weighted by Crippen LogP contribution is -2.36. The average Bonchev–Trinajstić information content (AvgIpc) is 2.32. The van der Waals surface area contributed by atoms with Gasteiger partial charge in [0.1, 0.15) is 5.82 Å². The Bertz CT molecular complexity index is 397. The highest BCUT2D eigenvalue weighted by Crippen LogP contribution is 2.16. The third-order valence-electron chi connectivity index (χ3n) is 3.07. The number of amides is 1. The van der Waals surface area contributed by atoms with E-state index in [4.69, 9.17) is 0 Å². The molecule has 1 aromatic rings.